The van der Waals surface area contributed by atoms with Crippen LogP contribution in [0.4, 0.5) is 9.59 Å². The maximum atomic E-state index is 14.6. The highest BCUT2D eigenvalue weighted by Gasteiger charge is 2.44. The van der Waals surface area contributed by atoms with Crippen molar-refractivity contribution in [2.75, 3.05) is 26.7 Å². The summed E-state index contributed by atoms with van der Waals surface area (Å²) in [7, 11) is 1.23. The Hall–Kier alpha value is -5.86. The molecule has 0 spiro atoms. The van der Waals surface area contributed by atoms with Crippen molar-refractivity contribution in [2.45, 2.75) is 92.2 Å². The van der Waals surface area contributed by atoms with Gasteiger partial charge in [0.1, 0.15) is 12.1 Å². The highest BCUT2D eigenvalue weighted by molar-refractivity contribution is 5.89. The van der Waals surface area contributed by atoms with Crippen molar-refractivity contribution in [3.8, 4) is 11.3 Å². The zero-order valence-electron chi connectivity index (χ0n) is 36.0. The van der Waals surface area contributed by atoms with Gasteiger partial charge in [0.15, 0.2) is 0 Å². The molecule has 2 aromatic carbocycles. The number of aliphatic hydroxyl groups excluding tert-OH is 1. The van der Waals surface area contributed by atoms with Crippen molar-refractivity contribution < 1.29 is 29.0 Å². The number of carbonyl (C=O) groups is 4. The molecule has 0 unspecified atom stereocenters. The van der Waals surface area contributed by atoms with E-state index in [1.165, 1.54) is 7.11 Å². The maximum Gasteiger partial charge on any atom is 0.407 e. The molecule has 5 rings (SSSR count). The lowest BCUT2D eigenvalue weighted by molar-refractivity contribution is -0.133. The first-order chi connectivity index (χ1) is 28.4. The Morgan fingerprint density at radius 2 is 1.50 bits per heavy atom. The summed E-state index contributed by atoms with van der Waals surface area (Å²) in [5, 5.41) is 19.6. The van der Waals surface area contributed by atoms with Gasteiger partial charge in [0.25, 0.3) is 5.91 Å². The number of hydrogen-bond donors (Lipinski definition) is 4. The van der Waals surface area contributed by atoms with E-state index >= 15 is 0 Å². The van der Waals surface area contributed by atoms with Gasteiger partial charge in [-0.1, -0.05) is 108 Å². The molecule has 3 heterocycles. The van der Waals surface area contributed by atoms with Crippen LogP contribution >= 0.6 is 0 Å². The Morgan fingerprint density at radius 3 is 2.10 bits per heavy atom. The van der Waals surface area contributed by atoms with Crippen LogP contribution in [-0.4, -0.2) is 105 Å². The van der Waals surface area contributed by atoms with Gasteiger partial charge < -0.3 is 30.3 Å². The molecule has 4 atom stereocenters. The third kappa shape index (κ3) is 12.3. The van der Waals surface area contributed by atoms with Gasteiger partial charge in [-0.25, -0.2) is 14.6 Å². The molecule has 2 aromatic heterocycles. The monoisotopic (exact) mass is 820 g/mol. The normalized spacial score (nSPS) is 15.3. The van der Waals surface area contributed by atoms with E-state index in [1.54, 1.807) is 27.2 Å². The molecule has 320 valence electrons. The first-order valence-corrected chi connectivity index (χ1v) is 20.3. The summed E-state index contributed by atoms with van der Waals surface area (Å²) in [4.78, 5) is 67.0. The second-order valence-corrected chi connectivity index (χ2v) is 17.5. The number of methoxy groups -OCH3 is 1. The lowest BCUT2D eigenvalue weighted by atomic mass is 9.84. The number of carbonyl (C=O) groups excluding carboxylic acids is 4. The third-order valence-corrected chi connectivity index (χ3v) is 10.5. The highest BCUT2D eigenvalue weighted by atomic mass is 16.5. The molecule has 60 heavy (non-hydrogen) atoms. The summed E-state index contributed by atoms with van der Waals surface area (Å²) in [5.41, 5.74) is 6.78. The van der Waals surface area contributed by atoms with Gasteiger partial charge in [0, 0.05) is 56.4 Å². The largest absolute Gasteiger partial charge is 0.453 e. The van der Waals surface area contributed by atoms with Crippen LogP contribution in [0.15, 0.2) is 97.3 Å². The molecule has 4 N–H and O–H groups in total. The van der Waals surface area contributed by atoms with Crippen molar-refractivity contribution in [1.29, 1.82) is 0 Å². The highest BCUT2D eigenvalue weighted by Crippen LogP contribution is 2.29. The molecule has 14 heteroatoms. The SMILES string of the molecule is COC(=O)N[C@H](C(=O)NN(Cc1ccc(-c2ccccn2)cc1)C[C@H](O)[C@H](Cc1ccccc1)NC(=O)[C@@H](N1CCN(Cc2ccc(C)nc2)C1=O)C(C)(C)C)C(C)(C)C. The average molecular weight is 821 g/mol. The maximum absolute atomic E-state index is 14.6. The van der Waals surface area contributed by atoms with Gasteiger partial charge >= 0.3 is 12.1 Å². The topological polar surface area (TPSA) is 169 Å². The smallest absolute Gasteiger partial charge is 0.407 e. The van der Waals surface area contributed by atoms with Crippen LogP contribution in [-0.2, 0) is 33.8 Å². The second-order valence-electron chi connectivity index (χ2n) is 17.5. The average Bonchev–Trinajstić information content (AvgIpc) is 3.55. The van der Waals surface area contributed by atoms with Crippen molar-refractivity contribution in [2.24, 2.45) is 10.8 Å². The Balaban J connectivity index is 1.41. The number of amides is 5. The number of aromatic nitrogens is 2. The summed E-state index contributed by atoms with van der Waals surface area (Å²) in [6, 6.07) is 23.8. The predicted molar refractivity (Wildman–Crippen MR) is 230 cm³/mol. The molecule has 1 fully saturated rings. The summed E-state index contributed by atoms with van der Waals surface area (Å²) in [6.45, 7) is 14.4. The Morgan fingerprint density at radius 1 is 0.817 bits per heavy atom. The van der Waals surface area contributed by atoms with E-state index in [4.69, 9.17) is 4.74 Å². The molecule has 1 aliphatic heterocycles. The molecule has 5 amide bonds. The fourth-order valence-electron chi connectivity index (χ4n) is 7.33. The van der Waals surface area contributed by atoms with Gasteiger partial charge in [0.2, 0.25) is 5.91 Å². The fourth-order valence-corrected chi connectivity index (χ4v) is 7.33. The van der Waals surface area contributed by atoms with Gasteiger partial charge in [0.05, 0.1) is 24.9 Å². The van der Waals surface area contributed by atoms with E-state index < -0.39 is 53.0 Å². The van der Waals surface area contributed by atoms with Crippen LogP contribution in [0, 0.1) is 17.8 Å². The lowest BCUT2D eigenvalue weighted by Gasteiger charge is -2.38. The zero-order chi connectivity index (χ0) is 43.6. The lowest BCUT2D eigenvalue weighted by Crippen LogP contribution is -2.61. The molecular weight excluding hydrogens is 761 g/mol. The van der Waals surface area contributed by atoms with Gasteiger partial charge in [-0.15, -0.1) is 0 Å². The molecule has 0 radical (unpaired) electrons. The number of ether oxygens (including phenoxy) is 1. The van der Waals surface area contributed by atoms with Crippen LogP contribution in [0.25, 0.3) is 11.3 Å². The minimum atomic E-state index is -1.22. The van der Waals surface area contributed by atoms with Crippen molar-refractivity contribution in [3.05, 3.63) is 120 Å². The molecule has 1 aliphatic rings. The number of urea groups is 1. The molecule has 0 bridgehead atoms. The van der Waals surface area contributed by atoms with Crippen molar-refractivity contribution >= 4 is 23.9 Å². The Labute approximate surface area is 353 Å². The second kappa shape index (κ2) is 19.9. The van der Waals surface area contributed by atoms with Gasteiger partial charge in [-0.2, -0.15) is 0 Å². The van der Waals surface area contributed by atoms with Crippen molar-refractivity contribution in [1.82, 2.24) is 40.8 Å². The summed E-state index contributed by atoms with van der Waals surface area (Å²) < 4.78 is 4.83. The predicted octanol–water partition coefficient (Wildman–Crippen LogP) is 5.50. The molecule has 0 saturated carbocycles. The number of alkyl carbamates (subject to hydrolysis) is 1. The number of nitrogens with one attached hydrogen (secondary N) is 3. The number of rotatable bonds is 16. The third-order valence-electron chi connectivity index (χ3n) is 10.5. The van der Waals surface area contributed by atoms with Crippen LogP contribution < -0.4 is 16.1 Å². The van der Waals surface area contributed by atoms with Crippen LogP contribution in [0.3, 0.4) is 0 Å². The quantitative estimate of drug-likeness (QED) is 0.107. The van der Waals surface area contributed by atoms with Crippen molar-refractivity contribution in [3.63, 3.8) is 0 Å². The van der Waals surface area contributed by atoms with E-state index in [0.29, 0.717) is 19.6 Å². The first kappa shape index (κ1) is 45.2. The van der Waals surface area contributed by atoms with E-state index in [2.05, 4.69) is 26.0 Å². The number of benzene rings is 2. The van der Waals surface area contributed by atoms with E-state index in [1.807, 2.05) is 133 Å². The summed E-state index contributed by atoms with van der Waals surface area (Å²) >= 11 is 0. The van der Waals surface area contributed by atoms with Crippen LogP contribution in [0.1, 0.15) is 63.9 Å². The van der Waals surface area contributed by atoms with Crippen LogP contribution in [0.5, 0.6) is 0 Å². The first-order valence-electron chi connectivity index (χ1n) is 20.3. The van der Waals surface area contributed by atoms with Gasteiger partial charge in [-0.3, -0.25) is 25.0 Å². The molecule has 14 nitrogen and oxygen atoms in total. The number of hydrogen-bond acceptors (Lipinski definition) is 9. The zero-order valence-corrected chi connectivity index (χ0v) is 36.0. The molecule has 1 saturated heterocycles. The summed E-state index contributed by atoms with van der Waals surface area (Å²) in [6.07, 6.45) is 1.78. The minimum Gasteiger partial charge on any atom is -0.453 e. The number of nitrogens with zero attached hydrogens (tertiary/aromatic N) is 5. The number of hydrazine groups is 1. The fraction of sp³-hybridized carbons (Fsp3) is 0.435. The van der Waals surface area contributed by atoms with E-state index in [0.717, 1.165) is 33.6 Å². The minimum absolute atomic E-state index is 0.109. The van der Waals surface area contributed by atoms with E-state index in [-0.39, 0.29) is 25.5 Å². The number of pyridine rings is 2. The summed E-state index contributed by atoms with van der Waals surface area (Å²) in [5.74, 6) is -0.911. The Kier molecular flexibility index (Phi) is 15.0. The number of aryl methyl sites for hydroxylation is 1. The molecule has 4 aromatic rings. The molecular formula is C46H60N8O6. The number of aliphatic hydroxyl groups is 1. The van der Waals surface area contributed by atoms with Crippen LogP contribution in [0.2, 0.25) is 0 Å². The van der Waals surface area contributed by atoms with E-state index in [9.17, 15) is 24.3 Å². The van der Waals surface area contributed by atoms with Gasteiger partial charge in [-0.05, 0) is 59.1 Å². The Bertz CT molecular complexity index is 2040. The standard InChI is InChI=1S/C46H60N8O6/c1-31-17-18-34(27-48-31)28-52-24-25-54(44(52)59)40(46(5,6)7)42(57)49-37(26-32-14-10-9-11-15-32)38(55)30-53(51-41(56)39(45(2,3)4)50-43(58)60-8)29-33-19-21-35(22-20-33)36-16-12-13-23-47-36/h9-23,27,37-40,55H,24-26,28-30H2,1-8H3,(H,49,57)(H,50,58)(H,51,56)/t37-,38-,39+,40+/m0/s1. The molecule has 0 aliphatic carbocycles.